The molecule has 0 fully saturated rings. The number of aliphatic hydroxyl groups excluding tert-OH is 2. The molecule has 0 saturated carbocycles. The van der Waals surface area contributed by atoms with E-state index >= 15 is 0 Å². The fourth-order valence-electron chi connectivity index (χ4n) is 1.03. The summed E-state index contributed by atoms with van der Waals surface area (Å²) >= 11 is 0. The number of nitrogens with one attached hydrogen (secondary N) is 1. The largest absolute Gasteiger partial charge is 0.396 e. The van der Waals surface area contributed by atoms with Crippen molar-refractivity contribution in [2.75, 3.05) is 13.2 Å². The van der Waals surface area contributed by atoms with E-state index in [4.69, 9.17) is 10.2 Å². The minimum absolute atomic E-state index is 0.0360. The van der Waals surface area contributed by atoms with E-state index in [1.54, 1.807) is 6.92 Å². The lowest BCUT2D eigenvalue weighted by molar-refractivity contribution is 0.157. The summed E-state index contributed by atoms with van der Waals surface area (Å²) in [5, 5.41) is 21.1. The monoisotopic (exact) mass is 175 g/mol. The topological polar surface area (TPSA) is 52.5 Å². The van der Waals surface area contributed by atoms with Crippen LogP contribution in [0.2, 0.25) is 0 Å². The second-order valence-electron chi connectivity index (χ2n) is 3.62. The van der Waals surface area contributed by atoms with Gasteiger partial charge < -0.3 is 15.5 Å². The van der Waals surface area contributed by atoms with Gasteiger partial charge in [0.1, 0.15) is 0 Å². The average molecular weight is 175 g/mol. The van der Waals surface area contributed by atoms with Crippen LogP contribution in [0.15, 0.2) is 0 Å². The van der Waals surface area contributed by atoms with Gasteiger partial charge in [-0.2, -0.15) is 0 Å². The first-order chi connectivity index (χ1) is 5.54. The van der Waals surface area contributed by atoms with Crippen LogP contribution in [-0.2, 0) is 0 Å². The highest BCUT2D eigenvalue weighted by atomic mass is 16.3. The smallest absolute Gasteiger partial charge is 0.0636 e. The van der Waals surface area contributed by atoms with E-state index in [-0.39, 0.29) is 18.2 Å². The molecular weight excluding hydrogens is 154 g/mol. The Morgan fingerprint density at radius 2 is 2.08 bits per heavy atom. The van der Waals surface area contributed by atoms with Crippen LogP contribution in [0.25, 0.3) is 0 Å². The van der Waals surface area contributed by atoms with E-state index in [1.807, 2.05) is 0 Å². The van der Waals surface area contributed by atoms with Crippen LogP contribution in [0.4, 0.5) is 0 Å². The van der Waals surface area contributed by atoms with Crippen LogP contribution >= 0.6 is 0 Å². The summed E-state index contributed by atoms with van der Waals surface area (Å²) < 4.78 is 0. The number of rotatable bonds is 6. The Kier molecular flexibility index (Phi) is 5.46. The zero-order valence-electron chi connectivity index (χ0n) is 8.30. The number of hydrogen-bond donors (Lipinski definition) is 3. The summed E-state index contributed by atoms with van der Waals surface area (Å²) in [7, 11) is 0. The predicted molar refractivity (Wildman–Crippen MR) is 50.1 cm³/mol. The summed E-state index contributed by atoms with van der Waals surface area (Å²) in [5.41, 5.74) is -0.0360. The Hall–Kier alpha value is -0.120. The minimum atomic E-state index is -0.324. The lowest BCUT2D eigenvalue weighted by Crippen LogP contribution is -2.45. The molecule has 0 aromatic heterocycles. The van der Waals surface area contributed by atoms with Crippen LogP contribution < -0.4 is 5.32 Å². The average Bonchev–Trinajstić information content (AvgIpc) is 2.02. The molecule has 12 heavy (non-hydrogen) atoms. The van der Waals surface area contributed by atoms with Gasteiger partial charge in [0.15, 0.2) is 0 Å². The second kappa shape index (κ2) is 5.51. The van der Waals surface area contributed by atoms with E-state index in [0.29, 0.717) is 6.54 Å². The van der Waals surface area contributed by atoms with E-state index in [2.05, 4.69) is 19.2 Å². The molecule has 0 aliphatic carbocycles. The van der Waals surface area contributed by atoms with Gasteiger partial charge in [-0.05, 0) is 26.7 Å². The molecule has 74 valence electrons. The van der Waals surface area contributed by atoms with Crippen molar-refractivity contribution in [3.05, 3.63) is 0 Å². The van der Waals surface area contributed by atoms with Crippen molar-refractivity contribution in [2.24, 2.45) is 0 Å². The van der Waals surface area contributed by atoms with Gasteiger partial charge in [0, 0.05) is 18.7 Å². The highest BCUT2D eigenvalue weighted by molar-refractivity contribution is 4.81. The lowest BCUT2D eigenvalue weighted by atomic mass is 9.95. The summed E-state index contributed by atoms with van der Waals surface area (Å²) in [6.07, 6.45) is 1.37. The van der Waals surface area contributed by atoms with Crippen molar-refractivity contribution in [1.82, 2.24) is 5.32 Å². The summed E-state index contributed by atoms with van der Waals surface area (Å²) in [6, 6.07) is 0. The first-order valence-corrected chi connectivity index (χ1v) is 4.58. The molecule has 3 nitrogen and oxygen atoms in total. The second-order valence-corrected chi connectivity index (χ2v) is 3.62. The Bertz CT molecular complexity index is 117. The quantitative estimate of drug-likeness (QED) is 0.551. The summed E-state index contributed by atoms with van der Waals surface area (Å²) in [5.74, 6) is 0. The zero-order valence-corrected chi connectivity index (χ0v) is 8.30. The molecule has 0 heterocycles. The maximum absolute atomic E-state index is 9.05. The highest BCUT2D eigenvalue weighted by Gasteiger charge is 2.20. The predicted octanol–water partition coefficient (Wildman–Crippen LogP) is 0.508. The Balaban J connectivity index is 3.78. The molecule has 0 aliphatic heterocycles. The molecule has 0 aliphatic rings. The molecule has 0 spiro atoms. The van der Waals surface area contributed by atoms with E-state index < -0.39 is 0 Å². The summed E-state index contributed by atoms with van der Waals surface area (Å²) in [6.45, 7) is 6.67. The molecule has 0 amide bonds. The fourth-order valence-corrected chi connectivity index (χ4v) is 1.03. The van der Waals surface area contributed by atoms with Crippen molar-refractivity contribution >= 4 is 0 Å². The van der Waals surface area contributed by atoms with Crippen molar-refractivity contribution in [1.29, 1.82) is 0 Å². The van der Waals surface area contributed by atoms with Crippen LogP contribution in [0.5, 0.6) is 0 Å². The molecule has 0 aromatic carbocycles. The standard InChI is InChI=1S/C9H21NO2/c1-4-9(3,5-6-11)10-7-8(2)12/h8,10-12H,4-7H2,1-3H3/t8-,9?/m1/s1. The minimum Gasteiger partial charge on any atom is -0.396 e. The Morgan fingerprint density at radius 3 is 2.42 bits per heavy atom. The highest BCUT2D eigenvalue weighted by Crippen LogP contribution is 2.13. The van der Waals surface area contributed by atoms with Gasteiger partial charge in [0.25, 0.3) is 0 Å². The normalized spacial score (nSPS) is 18.8. The van der Waals surface area contributed by atoms with Crippen molar-refractivity contribution < 1.29 is 10.2 Å². The van der Waals surface area contributed by atoms with E-state index in [9.17, 15) is 0 Å². The molecular formula is C9H21NO2. The Morgan fingerprint density at radius 1 is 1.50 bits per heavy atom. The maximum atomic E-state index is 9.05. The first-order valence-electron chi connectivity index (χ1n) is 4.58. The van der Waals surface area contributed by atoms with Crippen LogP contribution in [0.1, 0.15) is 33.6 Å². The third-order valence-electron chi connectivity index (χ3n) is 2.27. The lowest BCUT2D eigenvalue weighted by Gasteiger charge is -2.29. The molecule has 3 heteroatoms. The van der Waals surface area contributed by atoms with Gasteiger partial charge in [-0.3, -0.25) is 0 Å². The van der Waals surface area contributed by atoms with Gasteiger partial charge in [0.05, 0.1) is 6.10 Å². The van der Waals surface area contributed by atoms with Crippen LogP contribution in [-0.4, -0.2) is 35.0 Å². The van der Waals surface area contributed by atoms with Crippen LogP contribution in [0, 0.1) is 0 Å². The Labute approximate surface area is 74.8 Å². The summed E-state index contributed by atoms with van der Waals surface area (Å²) in [4.78, 5) is 0. The molecule has 0 saturated heterocycles. The van der Waals surface area contributed by atoms with E-state index in [1.165, 1.54) is 0 Å². The first kappa shape index (κ1) is 11.9. The van der Waals surface area contributed by atoms with Gasteiger partial charge in [-0.25, -0.2) is 0 Å². The van der Waals surface area contributed by atoms with Gasteiger partial charge >= 0.3 is 0 Å². The fraction of sp³-hybridized carbons (Fsp3) is 1.00. The van der Waals surface area contributed by atoms with Gasteiger partial charge in [0.2, 0.25) is 0 Å². The van der Waals surface area contributed by atoms with Gasteiger partial charge in [-0.1, -0.05) is 6.92 Å². The third-order valence-corrected chi connectivity index (χ3v) is 2.27. The van der Waals surface area contributed by atoms with E-state index in [0.717, 1.165) is 12.8 Å². The molecule has 0 radical (unpaired) electrons. The van der Waals surface area contributed by atoms with Crippen molar-refractivity contribution in [3.8, 4) is 0 Å². The third kappa shape index (κ3) is 4.70. The zero-order chi connectivity index (χ0) is 9.61. The van der Waals surface area contributed by atoms with Crippen LogP contribution in [0.3, 0.4) is 0 Å². The van der Waals surface area contributed by atoms with Crippen molar-refractivity contribution in [2.45, 2.75) is 45.3 Å². The number of hydrogen-bond acceptors (Lipinski definition) is 3. The van der Waals surface area contributed by atoms with Gasteiger partial charge in [-0.15, -0.1) is 0 Å². The molecule has 0 aromatic rings. The molecule has 2 atom stereocenters. The molecule has 1 unspecified atom stereocenters. The molecule has 0 rings (SSSR count). The number of aliphatic hydroxyl groups is 2. The number of β-amino-alcohol motifs (C(OH)–C–C–N with tert-alkyl or cyclic N) is 1. The SMILES string of the molecule is CCC(C)(CCO)NC[C@@H](C)O. The molecule has 0 bridgehead atoms. The van der Waals surface area contributed by atoms with Crippen molar-refractivity contribution in [3.63, 3.8) is 0 Å². The molecule has 3 N–H and O–H groups in total. The maximum Gasteiger partial charge on any atom is 0.0636 e.